The Kier molecular flexibility index (Phi) is 8.20. The summed E-state index contributed by atoms with van der Waals surface area (Å²) in [5.41, 5.74) is 8.25. The standard InChI is InChI=1S/C22H26ClN5O2S/c1-3-27(4-2)17-7-5-16(6-8-17)25-26-22-28(13-11-21(24)29)19-10-9-18(30-14-12-23)15-20(19)31-22/h5-10,15H,3-4,11-14H2,1-2H3,(H-,24,29)/p+1. The molecule has 0 radical (unpaired) electrons. The summed E-state index contributed by atoms with van der Waals surface area (Å²) in [4.78, 5) is 13.6. The van der Waals surface area contributed by atoms with Crippen molar-refractivity contribution in [2.24, 2.45) is 16.0 Å². The van der Waals surface area contributed by atoms with Crippen LogP contribution < -0.4 is 19.9 Å². The molecule has 0 aliphatic heterocycles. The second-order valence-electron chi connectivity index (χ2n) is 6.81. The summed E-state index contributed by atoms with van der Waals surface area (Å²) in [6.07, 6.45) is 0.224. The van der Waals surface area contributed by atoms with Gasteiger partial charge in [-0.25, -0.2) is 4.57 Å². The molecule has 3 aromatic rings. The molecule has 1 amide bonds. The minimum absolute atomic E-state index is 0.224. The van der Waals surface area contributed by atoms with E-state index < -0.39 is 0 Å². The van der Waals surface area contributed by atoms with Gasteiger partial charge in [-0.15, -0.1) is 11.6 Å². The number of rotatable bonds is 11. The molecule has 0 unspecified atom stereocenters. The van der Waals surface area contributed by atoms with E-state index >= 15 is 0 Å². The average molecular weight is 461 g/mol. The van der Waals surface area contributed by atoms with Crippen LogP contribution in [0.2, 0.25) is 0 Å². The first-order chi connectivity index (χ1) is 15.0. The number of carbonyl (C=O) groups excluding carboxylic acids is 1. The van der Waals surface area contributed by atoms with Crippen molar-refractivity contribution in [3.63, 3.8) is 0 Å². The monoisotopic (exact) mass is 460 g/mol. The van der Waals surface area contributed by atoms with Crippen molar-refractivity contribution in [2.75, 3.05) is 30.5 Å². The summed E-state index contributed by atoms with van der Waals surface area (Å²) in [6.45, 7) is 7.05. The number of nitrogens with two attached hydrogens (primary N) is 1. The fourth-order valence-electron chi connectivity index (χ4n) is 3.23. The summed E-state index contributed by atoms with van der Waals surface area (Å²) in [6, 6.07) is 13.8. The Labute approximate surface area is 191 Å². The van der Waals surface area contributed by atoms with E-state index in [0.717, 1.165) is 40.4 Å². The molecule has 2 N–H and O–H groups in total. The third kappa shape index (κ3) is 5.92. The van der Waals surface area contributed by atoms with Crippen molar-refractivity contribution in [1.82, 2.24) is 0 Å². The number of aromatic nitrogens is 1. The topological polar surface area (TPSA) is 84.2 Å². The SMILES string of the molecule is CCN(CC)c1ccc(N=Nc2sc3cc(OCCCl)ccc3[n+]2CCC(N)=O)cc1. The first-order valence-corrected chi connectivity index (χ1v) is 11.6. The van der Waals surface area contributed by atoms with Crippen LogP contribution in [0, 0.1) is 0 Å². The van der Waals surface area contributed by atoms with Gasteiger partial charge in [-0.05, 0) is 66.7 Å². The van der Waals surface area contributed by atoms with Gasteiger partial charge in [-0.2, -0.15) is 0 Å². The number of thiazole rings is 1. The summed E-state index contributed by atoms with van der Waals surface area (Å²) in [7, 11) is 0. The van der Waals surface area contributed by atoms with Crippen molar-refractivity contribution < 1.29 is 14.1 Å². The number of aryl methyl sites for hydroxylation is 1. The molecule has 164 valence electrons. The van der Waals surface area contributed by atoms with Crippen LogP contribution in [0.15, 0.2) is 52.7 Å². The molecule has 0 spiro atoms. The molecule has 9 heteroatoms. The Morgan fingerprint density at radius 3 is 2.55 bits per heavy atom. The van der Waals surface area contributed by atoms with E-state index in [-0.39, 0.29) is 12.3 Å². The van der Waals surface area contributed by atoms with E-state index in [0.29, 0.717) is 24.2 Å². The highest BCUT2D eigenvalue weighted by Gasteiger charge is 2.20. The van der Waals surface area contributed by atoms with E-state index in [1.165, 1.54) is 11.3 Å². The molecular weight excluding hydrogens is 434 g/mol. The van der Waals surface area contributed by atoms with E-state index in [9.17, 15) is 4.79 Å². The number of hydrogen-bond donors (Lipinski definition) is 1. The van der Waals surface area contributed by atoms with Gasteiger partial charge in [-0.3, -0.25) is 4.79 Å². The smallest absolute Gasteiger partial charge is 0.409 e. The molecule has 7 nitrogen and oxygen atoms in total. The van der Waals surface area contributed by atoms with Crippen LogP contribution in [-0.4, -0.2) is 31.5 Å². The fraction of sp³-hybridized carbons (Fsp3) is 0.364. The van der Waals surface area contributed by atoms with Crippen molar-refractivity contribution >= 4 is 55.6 Å². The Bertz CT molecular complexity index is 1050. The summed E-state index contributed by atoms with van der Waals surface area (Å²) >= 11 is 7.20. The second kappa shape index (κ2) is 11.1. The minimum Gasteiger partial charge on any atom is -0.492 e. The lowest BCUT2D eigenvalue weighted by molar-refractivity contribution is -0.653. The van der Waals surface area contributed by atoms with Gasteiger partial charge >= 0.3 is 5.13 Å². The van der Waals surface area contributed by atoms with E-state index in [1.807, 2.05) is 47.0 Å². The molecule has 0 aliphatic rings. The molecule has 1 heterocycles. The average Bonchev–Trinajstić information content (AvgIpc) is 3.13. The van der Waals surface area contributed by atoms with Crippen LogP contribution in [0.3, 0.4) is 0 Å². The molecular formula is C22H27ClN5O2S+. The lowest BCUT2D eigenvalue weighted by atomic mass is 10.2. The molecule has 2 aromatic carbocycles. The number of benzene rings is 2. The number of hydrogen-bond acceptors (Lipinski definition) is 6. The van der Waals surface area contributed by atoms with Gasteiger partial charge in [0.05, 0.1) is 22.1 Å². The van der Waals surface area contributed by atoms with Crippen molar-refractivity contribution in [1.29, 1.82) is 0 Å². The Morgan fingerprint density at radius 2 is 1.90 bits per heavy atom. The Balaban J connectivity index is 1.89. The molecule has 0 fully saturated rings. The molecule has 3 rings (SSSR count). The first kappa shape index (κ1) is 23.0. The highest BCUT2D eigenvalue weighted by atomic mass is 35.5. The third-order valence-electron chi connectivity index (χ3n) is 4.81. The normalized spacial score (nSPS) is 11.3. The van der Waals surface area contributed by atoms with Gasteiger partial charge in [0.2, 0.25) is 5.91 Å². The van der Waals surface area contributed by atoms with E-state index in [4.69, 9.17) is 22.1 Å². The van der Waals surface area contributed by atoms with Crippen molar-refractivity contribution in [3.8, 4) is 5.75 Å². The quantitative estimate of drug-likeness (QED) is 0.250. The minimum atomic E-state index is -0.358. The number of azo groups is 1. The van der Waals surface area contributed by atoms with Crippen molar-refractivity contribution in [3.05, 3.63) is 42.5 Å². The number of alkyl halides is 1. The highest BCUT2D eigenvalue weighted by Crippen LogP contribution is 2.31. The number of ether oxygens (including phenoxy) is 1. The lowest BCUT2D eigenvalue weighted by Crippen LogP contribution is -2.34. The number of carbonyl (C=O) groups is 1. The number of amides is 1. The number of fused-ring (bicyclic) bond motifs is 1. The maximum Gasteiger partial charge on any atom is 0.409 e. The van der Waals surface area contributed by atoms with Gasteiger partial charge in [0.25, 0.3) is 0 Å². The lowest BCUT2D eigenvalue weighted by Gasteiger charge is -2.20. The maximum atomic E-state index is 11.4. The van der Waals surface area contributed by atoms with Gasteiger partial charge in [0, 0.05) is 24.8 Å². The first-order valence-electron chi connectivity index (χ1n) is 10.3. The Morgan fingerprint density at radius 1 is 1.16 bits per heavy atom. The number of anilines is 1. The maximum absolute atomic E-state index is 11.4. The van der Waals surface area contributed by atoms with Gasteiger partial charge in [0.15, 0.2) is 0 Å². The zero-order valence-corrected chi connectivity index (χ0v) is 19.3. The van der Waals surface area contributed by atoms with Crippen molar-refractivity contribution in [2.45, 2.75) is 26.8 Å². The third-order valence-corrected chi connectivity index (χ3v) is 6.00. The highest BCUT2D eigenvalue weighted by molar-refractivity contribution is 7.21. The number of nitrogens with zero attached hydrogens (tertiary/aromatic N) is 4. The molecule has 0 saturated heterocycles. The van der Waals surface area contributed by atoms with E-state index in [2.05, 4.69) is 29.0 Å². The van der Waals surface area contributed by atoms with Gasteiger partial charge < -0.3 is 15.4 Å². The molecule has 0 aliphatic carbocycles. The van der Waals surface area contributed by atoms with Gasteiger partial charge in [-0.1, -0.05) is 0 Å². The second-order valence-corrected chi connectivity index (χ2v) is 8.20. The van der Waals surface area contributed by atoms with Gasteiger partial charge in [0.1, 0.15) is 30.1 Å². The van der Waals surface area contributed by atoms with Crippen LogP contribution in [0.4, 0.5) is 16.5 Å². The van der Waals surface area contributed by atoms with E-state index in [1.54, 1.807) is 0 Å². The Hall–Kier alpha value is -2.71. The molecule has 0 bridgehead atoms. The van der Waals surface area contributed by atoms with Crippen LogP contribution in [-0.2, 0) is 11.3 Å². The summed E-state index contributed by atoms with van der Waals surface area (Å²) in [5, 5.41) is 9.59. The molecule has 31 heavy (non-hydrogen) atoms. The molecule has 0 saturated carbocycles. The largest absolute Gasteiger partial charge is 0.492 e. The zero-order valence-electron chi connectivity index (χ0n) is 17.8. The fourth-order valence-corrected chi connectivity index (χ4v) is 4.35. The molecule has 1 aromatic heterocycles. The van der Waals surface area contributed by atoms with Crippen LogP contribution in [0.5, 0.6) is 5.75 Å². The number of primary amides is 1. The summed E-state index contributed by atoms with van der Waals surface area (Å²) in [5.74, 6) is 0.809. The predicted molar refractivity (Wildman–Crippen MR) is 126 cm³/mol. The predicted octanol–water partition coefficient (Wildman–Crippen LogP) is 4.94. The van der Waals surface area contributed by atoms with Crippen LogP contribution >= 0.6 is 22.9 Å². The zero-order chi connectivity index (χ0) is 22.2. The number of halogens is 1. The van der Waals surface area contributed by atoms with Crippen LogP contribution in [0.1, 0.15) is 20.3 Å². The summed E-state index contributed by atoms with van der Waals surface area (Å²) < 4.78 is 8.57. The van der Waals surface area contributed by atoms with Crippen LogP contribution in [0.25, 0.3) is 10.2 Å². The molecule has 0 atom stereocenters.